The zero-order valence-electron chi connectivity index (χ0n) is 12.1. The van der Waals surface area contributed by atoms with E-state index in [1.54, 1.807) is 6.92 Å². The monoisotopic (exact) mass is 309 g/mol. The highest BCUT2D eigenvalue weighted by molar-refractivity contribution is 6.31. The highest BCUT2D eigenvalue weighted by Crippen LogP contribution is 2.22. The number of nitrogens with zero attached hydrogens (tertiary/aromatic N) is 1. The van der Waals surface area contributed by atoms with Gasteiger partial charge in [-0.2, -0.15) is 0 Å². The molecule has 0 bridgehead atoms. The Bertz CT molecular complexity index is 530. The van der Waals surface area contributed by atoms with Gasteiger partial charge in [0.25, 0.3) is 0 Å². The van der Waals surface area contributed by atoms with Gasteiger partial charge >= 0.3 is 5.97 Å². The van der Waals surface area contributed by atoms with Crippen LogP contribution in [0.15, 0.2) is 35.9 Å². The number of aliphatic hydroxyl groups excluding tert-OH is 1. The van der Waals surface area contributed by atoms with Gasteiger partial charge in [0, 0.05) is 30.7 Å². The molecule has 0 aromatic heterocycles. The molecule has 1 saturated heterocycles. The van der Waals surface area contributed by atoms with Crippen molar-refractivity contribution in [2.24, 2.45) is 0 Å². The number of hydrogen-bond acceptors (Lipinski definition) is 4. The van der Waals surface area contributed by atoms with Crippen LogP contribution in [0, 0.1) is 0 Å². The van der Waals surface area contributed by atoms with Crippen molar-refractivity contribution in [3.05, 3.63) is 46.5 Å². The van der Waals surface area contributed by atoms with E-state index in [1.165, 1.54) is 6.08 Å². The van der Waals surface area contributed by atoms with Crippen LogP contribution >= 0.6 is 11.6 Å². The van der Waals surface area contributed by atoms with Crippen molar-refractivity contribution in [2.45, 2.75) is 26.0 Å². The van der Waals surface area contributed by atoms with Crippen LogP contribution in [0.1, 0.15) is 18.9 Å². The molecular weight excluding hydrogens is 290 g/mol. The van der Waals surface area contributed by atoms with Gasteiger partial charge in [-0.05, 0) is 30.5 Å². The maximum atomic E-state index is 11.5. The number of carbonyl (C=O) groups excluding carboxylic acids is 1. The highest BCUT2D eigenvalue weighted by atomic mass is 35.5. The quantitative estimate of drug-likeness (QED) is 0.685. The summed E-state index contributed by atoms with van der Waals surface area (Å²) in [6, 6.07) is 7.71. The van der Waals surface area contributed by atoms with Crippen LogP contribution in [0.3, 0.4) is 0 Å². The van der Waals surface area contributed by atoms with Crippen molar-refractivity contribution in [1.29, 1.82) is 0 Å². The predicted octanol–water partition coefficient (Wildman–Crippen LogP) is 2.40. The molecule has 1 atom stereocenters. The van der Waals surface area contributed by atoms with Crippen LogP contribution in [0.5, 0.6) is 0 Å². The van der Waals surface area contributed by atoms with Gasteiger partial charge in [0.1, 0.15) is 0 Å². The summed E-state index contributed by atoms with van der Waals surface area (Å²) >= 11 is 6.17. The molecule has 1 aliphatic rings. The minimum atomic E-state index is -0.572. The van der Waals surface area contributed by atoms with Crippen LogP contribution in [-0.2, 0) is 16.1 Å². The lowest BCUT2D eigenvalue weighted by Gasteiger charge is -2.32. The van der Waals surface area contributed by atoms with Gasteiger partial charge in [-0.25, -0.2) is 4.79 Å². The number of esters is 1. The second-order valence-corrected chi connectivity index (χ2v) is 5.49. The number of carbonyl (C=O) groups is 1. The molecule has 114 valence electrons. The molecule has 0 saturated carbocycles. The fraction of sp³-hybridized carbons (Fsp3) is 0.438. The zero-order valence-corrected chi connectivity index (χ0v) is 12.8. The minimum absolute atomic E-state index is 0.335. The summed E-state index contributed by atoms with van der Waals surface area (Å²) in [7, 11) is 0. The zero-order chi connectivity index (χ0) is 15.2. The van der Waals surface area contributed by atoms with Crippen LogP contribution in [0.4, 0.5) is 0 Å². The van der Waals surface area contributed by atoms with Gasteiger partial charge < -0.3 is 9.84 Å². The molecule has 5 heteroatoms. The SMILES string of the molecule is CCOC(=O)/C=C1\CN(Cc2ccccc2Cl)CCC1O. The van der Waals surface area contributed by atoms with E-state index < -0.39 is 12.1 Å². The third kappa shape index (κ3) is 4.56. The smallest absolute Gasteiger partial charge is 0.330 e. The molecule has 1 N–H and O–H groups in total. The summed E-state index contributed by atoms with van der Waals surface area (Å²) in [6.07, 6.45) is 1.44. The normalized spacial score (nSPS) is 21.5. The predicted molar refractivity (Wildman–Crippen MR) is 82.1 cm³/mol. The number of rotatable bonds is 4. The summed E-state index contributed by atoms with van der Waals surface area (Å²) in [5, 5.41) is 10.7. The molecule has 0 aliphatic carbocycles. The largest absolute Gasteiger partial charge is 0.463 e. The Morgan fingerprint density at radius 3 is 3.00 bits per heavy atom. The Morgan fingerprint density at radius 2 is 2.29 bits per heavy atom. The van der Waals surface area contributed by atoms with Crippen molar-refractivity contribution in [3.63, 3.8) is 0 Å². The summed E-state index contributed by atoms with van der Waals surface area (Å²) in [5.41, 5.74) is 1.75. The van der Waals surface area contributed by atoms with E-state index >= 15 is 0 Å². The van der Waals surface area contributed by atoms with E-state index in [0.29, 0.717) is 31.7 Å². The van der Waals surface area contributed by atoms with Gasteiger partial charge in [-0.3, -0.25) is 4.90 Å². The molecule has 0 spiro atoms. The van der Waals surface area contributed by atoms with E-state index in [2.05, 4.69) is 4.90 Å². The number of hydrogen-bond donors (Lipinski definition) is 1. The Balaban J connectivity index is 2.03. The average molecular weight is 310 g/mol. The number of aliphatic hydroxyl groups is 1. The first-order valence-electron chi connectivity index (χ1n) is 7.11. The molecule has 2 rings (SSSR count). The lowest BCUT2D eigenvalue weighted by atomic mass is 10.0. The van der Waals surface area contributed by atoms with Gasteiger partial charge in [0.15, 0.2) is 0 Å². The van der Waals surface area contributed by atoms with E-state index in [1.807, 2.05) is 24.3 Å². The molecule has 1 heterocycles. The van der Waals surface area contributed by atoms with Crippen LogP contribution in [0.2, 0.25) is 5.02 Å². The maximum Gasteiger partial charge on any atom is 0.330 e. The van der Waals surface area contributed by atoms with Crippen molar-refractivity contribution >= 4 is 17.6 Å². The van der Waals surface area contributed by atoms with Gasteiger partial charge in [0.05, 0.1) is 12.7 Å². The van der Waals surface area contributed by atoms with Gasteiger partial charge in [0.2, 0.25) is 0 Å². The lowest BCUT2D eigenvalue weighted by Crippen LogP contribution is -2.38. The van der Waals surface area contributed by atoms with E-state index in [0.717, 1.165) is 17.1 Å². The molecule has 1 aliphatic heterocycles. The van der Waals surface area contributed by atoms with E-state index in [-0.39, 0.29) is 0 Å². The number of ether oxygens (including phenoxy) is 1. The van der Waals surface area contributed by atoms with Crippen molar-refractivity contribution < 1.29 is 14.6 Å². The topological polar surface area (TPSA) is 49.8 Å². The van der Waals surface area contributed by atoms with Gasteiger partial charge in [-0.15, -0.1) is 0 Å². The fourth-order valence-electron chi connectivity index (χ4n) is 2.41. The first kappa shape index (κ1) is 16.0. The summed E-state index contributed by atoms with van der Waals surface area (Å²) in [6.45, 7) is 4.11. The van der Waals surface area contributed by atoms with Crippen molar-refractivity contribution in [3.8, 4) is 0 Å². The standard InChI is InChI=1S/C16H20ClNO3/c1-2-21-16(20)9-13-11-18(8-7-15(13)19)10-12-5-3-4-6-14(12)17/h3-6,9,15,19H,2,7-8,10-11H2,1H3/b13-9+. The second kappa shape index (κ2) is 7.59. The fourth-order valence-corrected chi connectivity index (χ4v) is 2.61. The molecule has 21 heavy (non-hydrogen) atoms. The second-order valence-electron chi connectivity index (χ2n) is 5.08. The van der Waals surface area contributed by atoms with Crippen LogP contribution in [0.25, 0.3) is 0 Å². The van der Waals surface area contributed by atoms with E-state index in [9.17, 15) is 9.90 Å². The summed E-state index contributed by atoms with van der Waals surface area (Å²) in [4.78, 5) is 13.7. The Labute approximate surface area is 130 Å². The number of likely N-dealkylation sites (tertiary alicyclic amines) is 1. The lowest BCUT2D eigenvalue weighted by molar-refractivity contribution is -0.137. The van der Waals surface area contributed by atoms with Crippen LogP contribution < -0.4 is 0 Å². The Morgan fingerprint density at radius 1 is 1.52 bits per heavy atom. The average Bonchev–Trinajstić information content (AvgIpc) is 2.45. The molecule has 1 fully saturated rings. The minimum Gasteiger partial charge on any atom is -0.463 e. The first-order chi connectivity index (χ1) is 10.1. The highest BCUT2D eigenvalue weighted by Gasteiger charge is 2.23. The number of piperidine rings is 1. The molecule has 0 amide bonds. The van der Waals surface area contributed by atoms with Crippen molar-refractivity contribution in [2.75, 3.05) is 19.7 Å². The van der Waals surface area contributed by atoms with Crippen LogP contribution in [-0.4, -0.2) is 41.8 Å². The molecule has 4 nitrogen and oxygen atoms in total. The molecule has 1 aromatic rings. The first-order valence-corrected chi connectivity index (χ1v) is 7.49. The maximum absolute atomic E-state index is 11.5. The Hall–Kier alpha value is -1.36. The molecular formula is C16H20ClNO3. The third-order valence-electron chi connectivity index (χ3n) is 3.49. The Kier molecular flexibility index (Phi) is 5.79. The number of benzene rings is 1. The van der Waals surface area contributed by atoms with E-state index in [4.69, 9.17) is 16.3 Å². The summed E-state index contributed by atoms with van der Waals surface area (Å²) in [5.74, 6) is -0.397. The number of halogens is 1. The molecule has 1 unspecified atom stereocenters. The molecule has 1 aromatic carbocycles. The van der Waals surface area contributed by atoms with Crippen molar-refractivity contribution in [1.82, 2.24) is 4.90 Å². The molecule has 0 radical (unpaired) electrons. The summed E-state index contributed by atoms with van der Waals surface area (Å²) < 4.78 is 4.90. The van der Waals surface area contributed by atoms with Gasteiger partial charge in [-0.1, -0.05) is 29.8 Å². The third-order valence-corrected chi connectivity index (χ3v) is 3.86.